The van der Waals surface area contributed by atoms with Gasteiger partial charge in [-0.3, -0.25) is 0 Å². The maximum atomic E-state index is 11.2. The topological polar surface area (TPSA) is 46.5 Å². The molecule has 2 aliphatic carbocycles. The van der Waals surface area contributed by atoms with Crippen LogP contribution in [0.4, 0.5) is 0 Å². The summed E-state index contributed by atoms with van der Waals surface area (Å²) < 4.78 is 5.03. The molecule has 122 valence electrons. The fourth-order valence-corrected chi connectivity index (χ4v) is 4.93. The van der Waals surface area contributed by atoms with Crippen LogP contribution < -0.4 is 0 Å². The first-order valence-corrected chi connectivity index (χ1v) is 8.57. The maximum absolute atomic E-state index is 11.2. The van der Waals surface area contributed by atoms with Gasteiger partial charge in [-0.1, -0.05) is 32.9 Å². The molecule has 1 fully saturated rings. The fraction of sp³-hybridized carbons (Fsp3) is 0.737. The molecule has 0 saturated heterocycles. The Labute approximate surface area is 133 Å². The standard InChI is InChI=1S/C19H28O3/c1-13-4-7-18(2)8-6-15(20)11-16(18)19(13,3)9-5-14-10-17(21)22-12-14/h6,8,10,13,15-16,20H,4-5,7,9,11-12H2,1-3H3/t13-,15+,16+,18+,19+/m1/s1. The van der Waals surface area contributed by atoms with Crippen molar-refractivity contribution in [3.63, 3.8) is 0 Å². The van der Waals surface area contributed by atoms with Crippen molar-refractivity contribution in [1.82, 2.24) is 0 Å². The molecular weight excluding hydrogens is 276 g/mol. The van der Waals surface area contributed by atoms with Crippen LogP contribution in [0.1, 0.15) is 52.9 Å². The maximum Gasteiger partial charge on any atom is 0.331 e. The first-order chi connectivity index (χ1) is 10.3. The van der Waals surface area contributed by atoms with E-state index in [-0.39, 0.29) is 22.9 Å². The number of ether oxygens (including phenoxy) is 1. The summed E-state index contributed by atoms with van der Waals surface area (Å²) in [4.78, 5) is 11.2. The summed E-state index contributed by atoms with van der Waals surface area (Å²) in [6, 6.07) is 0. The van der Waals surface area contributed by atoms with Gasteiger partial charge in [0.05, 0.1) is 6.10 Å². The molecule has 1 heterocycles. The minimum Gasteiger partial charge on any atom is -0.458 e. The van der Waals surface area contributed by atoms with Gasteiger partial charge in [0.15, 0.2) is 0 Å². The monoisotopic (exact) mass is 304 g/mol. The van der Waals surface area contributed by atoms with Gasteiger partial charge in [-0.25, -0.2) is 4.79 Å². The van der Waals surface area contributed by atoms with Crippen molar-refractivity contribution in [2.45, 2.75) is 59.0 Å². The molecule has 0 unspecified atom stereocenters. The average molecular weight is 304 g/mol. The molecule has 5 atom stereocenters. The molecule has 3 heteroatoms. The third-order valence-electron chi connectivity index (χ3n) is 6.72. The van der Waals surface area contributed by atoms with E-state index in [9.17, 15) is 9.90 Å². The molecule has 1 aliphatic heterocycles. The number of carbonyl (C=O) groups excluding carboxylic acids is 1. The van der Waals surface area contributed by atoms with E-state index in [4.69, 9.17) is 4.74 Å². The second-order valence-electron chi connectivity index (χ2n) is 8.08. The Morgan fingerprint density at radius 2 is 2.18 bits per heavy atom. The first-order valence-electron chi connectivity index (χ1n) is 8.57. The second-order valence-corrected chi connectivity index (χ2v) is 8.08. The van der Waals surface area contributed by atoms with Crippen LogP contribution >= 0.6 is 0 Å². The average Bonchev–Trinajstić information content (AvgIpc) is 2.90. The zero-order chi connectivity index (χ0) is 16.0. The molecule has 3 aliphatic rings. The molecule has 1 saturated carbocycles. The molecule has 3 rings (SSSR count). The number of allylic oxidation sites excluding steroid dienone is 1. The highest BCUT2D eigenvalue weighted by Gasteiger charge is 2.52. The summed E-state index contributed by atoms with van der Waals surface area (Å²) in [6.45, 7) is 7.57. The molecular formula is C19H28O3. The van der Waals surface area contributed by atoms with Gasteiger partial charge in [0.1, 0.15) is 6.61 Å². The van der Waals surface area contributed by atoms with Crippen LogP contribution in [0.15, 0.2) is 23.8 Å². The van der Waals surface area contributed by atoms with Crippen LogP contribution in [-0.2, 0) is 9.53 Å². The summed E-state index contributed by atoms with van der Waals surface area (Å²) in [5, 5.41) is 10.1. The second kappa shape index (κ2) is 5.52. The Balaban J connectivity index is 1.80. The Morgan fingerprint density at radius 1 is 1.41 bits per heavy atom. The van der Waals surface area contributed by atoms with Gasteiger partial charge in [0, 0.05) is 6.08 Å². The van der Waals surface area contributed by atoms with Crippen LogP contribution in [0, 0.1) is 22.7 Å². The molecule has 0 aromatic carbocycles. The molecule has 22 heavy (non-hydrogen) atoms. The van der Waals surface area contributed by atoms with Crippen LogP contribution in [-0.4, -0.2) is 23.8 Å². The molecule has 0 amide bonds. The van der Waals surface area contributed by atoms with Crippen LogP contribution in [0.3, 0.4) is 0 Å². The minimum atomic E-state index is -0.307. The summed E-state index contributed by atoms with van der Waals surface area (Å²) in [7, 11) is 0. The quantitative estimate of drug-likeness (QED) is 0.640. The lowest BCUT2D eigenvalue weighted by Crippen LogP contribution is -2.50. The largest absolute Gasteiger partial charge is 0.458 e. The Bertz CT molecular complexity index is 521. The van der Waals surface area contributed by atoms with E-state index < -0.39 is 0 Å². The number of cyclic esters (lactones) is 1. The lowest BCUT2D eigenvalue weighted by molar-refractivity contribution is -0.134. The highest BCUT2D eigenvalue weighted by atomic mass is 16.5. The number of esters is 1. The molecule has 3 nitrogen and oxygen atoms in total. The lowest BCUT2D eigenvalue weighted by atomic mass is 9.48. The van der Waals surface area contributed by atoms with E-state index in [1.807, 2.05) is 6.08 Å². The number of aliphatic hydroxyl groups is 1. The lowest BCUT2D eigenvalue weighted by Gasteiger charge is -2.57. The third-order valence-corrected chi connectivity index (χ3v) is 6.72. The van der Waals surface area contributed by atoms with Crippen molar-refractivity contribution in [3.05, 3.63) is 23.8 Å². The van der Waals surface area contributed by atoms with Crippen molar-refractivity contribution in [2.75, 3.05) is 6.61 Å². The van der Waals surface area contributed by atoms with Gasteiger partial charge in [0.25, 0.3) is 0 Å². The van der Waals surface area contributed by atoms with E-state index in [1.54, 1.807) is 6.08 Å². The van der Waals surface area contributed by atoms with Gasteiger partial charge in [-0.05, 0) is 60.3 Å². The van der Waals surface area contributed by atoms with Crippen molar-refractivity contribution < 1.29 is 14.6 Å². The fourth-order valence-electron chi connectivity index (χ4n) is 4.93. The summed E-state index contributed by atoms with van der Waals surface area (Å²) in [6.07, 6.45) is 10.9. The Morgan fingerprint density at radius 3 is 2.86 bits per heavy atom. The number of carbonyl (C=O) groups is 1. The van der Waals surface area contributed by atoms with Gasteiger partial charge in [-0.15, -0.1) is 0 Å². The molecule has 0 aromatic rings. The number of hydrogen-bond donors (Lipinski definition) is 1. The molecule has 1 N–H and O–H groups in total. The van der Waals surface area contributed by atoms with Crippen molar-refractivity contribution in [2.24, 2.45) is 22.7 Å². The summed E-state index contributed by atoms with van der Waals surface area (Å²) in [5.74, 6) is 0.947. The van der Waals surface area contributed by atoms with Crippen molar-refractivity contribution >= 4 is 5.97 Å². The van der Waals surface area contributed by atoms with Crippen molar-refractivity contribution in [3.8, 4) is 0 Å². The van der Waals surface area contributed by atoms with Gasteiger partial charge >= 0.3 is 5.97 Å². The van der Waals surface area contributed by atoms with Gasteiger partial charge in [-0.2, -0.15) is 0 Å². The van der Waals surface area contributed by atoms with Gasteiger partial charge in [0.2, 0.25) is 0 Å². The smallest absolute Gasteiger partial charge is 0.331 e. The minimum absolute atomic E-state index is 0.197. The normalized spacial score (nSPS) is 44.5. The van der Waals surface area contributed by atoms with Gasteiger partial charge < -0.3 is 9.84 Å². The molecule has 0 radical (unpaired) electrons. The predicted octanol–water partition coefficient (Wildman–Crippen LogP) is 3.63. The molecule has 0 aromatic heterocycles. The first kappa shape index (κ1) is 15.8. The highest BCUT2D eigenvalue weighted by molar-refractivity contribution is 5.85. The van der Waals surface area contributed by atoms with Crippen molar-refractivity contribution in [1.29, 1.82) is 0 Å². The number of fused-ring (bicyclic) bond motifs is 1. The van der Waals surface area contributed by atoms with E-state index >= 15 is 0 Å². The van der Waals surface area contributed by atoms with Crippen LogP contribution in [0.2, 0.25) is 0 Å². The van der Waals surface area contributed by atoms with E-state index in [0.717, 1.165) is 24.8 Å². The summed E-state index contributed by atoms with van der Waals surface area (Å²) >= 11 is 0. The van der Waals surface area contributed by atoms with E-state index in [0.29, 0.717) is 18.4 Å². The van der Waals surface area contributed by atoms with Crippen LogP contribution in [0.5, 0.6) is 0 Å². The van der Waals surface area contributed by atoms with E-state index in [2.05, 4.69) is 26.8 Å². The Kier molecular flexibility index (Phi) is 3.96. The van der Waals surface area contributed by atoms with E-state index in [1.165, 1.54) is 12.8 Å². The molecule has 0 bridgehead atoms. The zero-order valence-corrected chi connectivity index (χ0v) is 14.0. The number of rotatable bonds is 3. The summed E-state index contributed by atoms with van der Waals surface area (Å²) in [5.41, 5.74) is 1.53. The number of hydrogen-bond acceptors (Lipinski definition) is 3. The predicted molar refractivity (Wildman–Crippen MR) is 86.1 cm³/mol. The Hall–Kier alpha value is -1.09. The zero-order valence-electron chi connectivity index (χ0n) is 14.0. The van der Waals surface area contributed by atoms with Crippen LogP contribution in [0.25, 0.3) is 0 Å². The number of aliphatic hydroxyl groups excluding tert-OH is 1. The SMILES string of the molecule is C[C@@H]1CC[C@@]2(C)C=C[C@H](O)C[C@@H]2[C@@]1(C)CCC1=CC(=O)OC1. The highest BCUT2D eigenvalue weighted by Crippen LogP contribution is 2.59. The molecule has 0 spiro atoms. The third kappa shape index (κ3) is 2.64.